The standard InChI is InChI=1S/C15H17BrN2O4S/c1-17-15(19)13-9-6-10(16)11(18(2)23(3,20)21)7-12(9)22-14(13)8-4-5-8/h6-8H,4-5H2,1-3H3,(H,17,19). The number of rotatable bonds is 4. The molecule has 0 atom stereocenters. The molecule has 1 heterocycles. The van der Waals surface area contributed by atoms with Crippen LogP contribution in [0.4, 0.5) is 5.69 Å². The number of sulfonamides is 1. The topological polar surface area (TPSA) is 79.6 Å². The fourth-order valence-corrected chi connectivity index (χ4v) is 3.77. The van der Waals surface area contributed by atoms with Crippen LogP contribution in [0.25, 0.3) is 11.0 Å². The van der Waals surface area contributed by atoms with Crippen LogP contribution >= 0.6 is 15.9 Å². The lowest BCUT2D eigenvalue weighted by molar-refractivity contribution is 0.0962. The highest BCUT2D eigenvalue weighted by Crippen LogP contribution is 2.46. The van der Waals surface area contributed by atoms with Crippen molar-refractivity contribution in [2.75, 3.05) is 24.7 Å². The molecule has 124 valence electrons. The number of hydrogen-bond donors (Lipinski definition) is 1. The van der Waals surface area contributed by atoms with Crippen molar-refractivity contribution in [1.82, 2.24) is 5.32 Å². The average molecular weight is 401 g/mol. The summed E-state index contributed by atoms with van der Waals surface area (Å²) in [6.07, 6.45) is 3.14. The molecular weight excluding hydrogens is 384 g/mol. The smallest absolute Gasteiger partial charge is 0.255 e. The lowest BCUT2D eigenvalue weighted by Gasteiger charge is -2.18. The van der Waals surface area contributed by atoms with Crippen LogP contribution in [0, 0.1) is 0 Å². The van der Waals surface area contributed by atoms with Crippen molar-refractivity contribution < 1.29 is 17.6 Å². The van der Waals surface area contributed by atoms with E-state index in [1.807, 2.05) is 0 Å². The summed E-state index contributed by atoms with van der Waals surface area (Å²) in [5.41, 5.74) is 1.53. The Labute approximate surface area is 143 Å². The monoisotopic (exact) mass is 400 g/mol. The SMILES string of the molecule is CNC(=O)c1c(C2CC2)oc2cc(N(C)S(C)(=O)=O)c(Br)cc12. The number of benzene rings is 1. The first-order chi connectivity index (χ1) is 10.7. The van der Waals surface area contributed by atoms with Gasteiger partial charge in [0, 0.05) is 35.9 Å². The van der Waals surface area contributed by atoms with Crippen molar-refractivity contribution in [1.29, 1.82) is 0 Å². The number of fused-ring (bicyclic) bond motifs is 1. The number of nitrogens with one attached hydrogen (secondary N) is 1. The van der Waals surface area contributed by atoms with Crippen molar-refractivity contribution in [3.05, 3.63) is 27.9 Å². The molecule has 0 spiro atoms. The maximum Gasteiger partial charge on any atom is 0.255 e. The molecular formula is C15H17BrN2O4S. The van der Waals surface area contributed by atoms with Crippen LogP contribution in [0.15, 0.2) is 21.0 Å². The van der Waals surface area contributed by atoms with Gasteiger partial charge in [-0.15, -0.1) is 0 Å². The Balaban J connectivity index is 2.24. The number of furan rings is 1. The Bertz CT molecular complexity index is 900. The van der Waals surface area contributed by atoms with Gasteiger partial charge in [0.2, 0.25) is 10.0 Å². The van der Waals surface area contributed by atoms with Crippen LogP contribution in [-0.2, 0) is 10.0 Å². The zero-order valence-corrected chi connectivity index (χ0v) is 15.4. The number of nitrogens with zero attached hydrogens (tertiary/aromatic N) is 1. The summed E-state index contributed by atoms with van der Waals surface area (Å²) >= 11 is 3.40. The molecule has 0 unspecified atom stereocenters. The van der Waals surface area contributed by atoms with E-state index < -0.39 is 10.0 Å². The van der Waals surface area contributed by atoms with Gasteiger partial charge in [-0.2, -0.15) is 0 Å². The van der Waals surface area contributed by atoms with E-state index in [1.165, 1.54) is 11.4 Å². The first-order valence-corrected chi connectivity index (χ1v) is 9.80. The van der Waals surface area contributed by atoms with Gasteiger partial charge in [-0.05, 0) is 34.8 Å². The average Bonchev–Trinajstić information content (AvgIpc) is 3.26. The molecule has 8 heteroatoms. The molecule has 0 aliphatic heterocycles. The molecule has 1 aliphatic carbocycles. The molecule has 0 saturated heterocycles. The Kier molecular flexibility index (Phi) is 3.92. The second-order valence-corrected chi connectivity index (χ2v) is 8.59. The van der Waals surface area contributed by atoms with E-state index in [1.54, 1.807) is 19.2 Å². The normalized spacial score (nSPS) is 15.0. The summed E-state index contributed by atoms with van der Waals surface area (Å²) in [4.78, 5) is 12.2. The summed E-state index contributed by atoms with van der Waals surface area (Å²) in [6, 6.07) is 3.39. The zero-order valence-electron chi connectivity index (χ0n) is 13.0. The highest BCUT2D eigenvalue weighted by Gasteiger charge is 2.34. The van der Waals surface area contributed by atoms with E-state index in [0.717, 1.165) is 19.1 Å². The molecule has 0 bridgehead atoms. The minimum atomic E-state index is -3.39. The molecule has 1 aromatic heterocycles. The third-order valence-electron chi connectivity index (χ3n) is 4.02. The van der Waals surface area contributed by atoms with E-state index in [0.29, 0.717) is 32.5 Å². The Morgan fingerprint density at radius 1 is 1.39 bits per heavy atom. The number of amides is 1. The summed E-state index contributed by atoms with van der Waals surface area (Å²) in [6.45, 7) is 0. The van der Waals surface area contributed by atoms with Crippen LogP contribution in [-0.4, -0.2) is 34.7 Å². The second-order valence-electron chi connectivity index (χ2n) is 5.72. The summed E-state index contributed by atoms with van der Waals surface area (Å²) in [5, 5.41) is 3.33. The lowest BCUT2D eigenvalue weighted by Crippen LogP contribution is -2.25. The highest BCUT2D eigenvalue weighted by atomic mass is 79.9. The van der Waals surface area contributed by atoms with Crippen LogP contribution < -0.4 is 9.62 Å². The zero-order chi connectivity index (χ0) is 16.9. The molecule has 1 aromatic carbocycles. The van der Waals surface area contributed by atoms with Gasteiger partial charge in [0.05, 0.1) is 17.5 Å². The van der Waals surface area contributed by atoms with Gasteiger partial charge in [0.1, 0.15) is 11.3 Å². The van der Waals surface area contributed by atoms with Crippen molar-refractivity contribution in [2.45, 2.75) is 18.8 Å². The molecule has 6 nitrogen and oxygen atoms in total. The van der Waals surface area contributed by atoms with E-state index in [4.69, 9.17) is 4.42 Å². The van der Waals surface area contributed by atoms with Gasteiger partial charge in [0.25, 0.3) is 5.91 Å². The first kappa shape index (κ1) is 16.3. The second kappa shape index (κ2) is 5.52. The van der Waals surface area contributed by atoms with Gasteiger partial charge < -0.3 is 9.73 Å². The molecule has 2 aromatic rings. The quantitative estimate of drug-likeness (QED) is 0.855. The van der Waals surface area contributed by atoms with Crippen molar-refractivity contribution in [2.24, 2.45) is 0 Å². The van der Waals surface area contributed by atoms with E-state index in [-0.39, 0.29) is 11.8 Å². The number of anilines is 1. The summed E-state index contributed by atoms with van der Waals surface area (Å²) in [7, 11) is -0.333. The summed E-state index contributed by atoms with van der Waals surface area (Å²) in [5.74, 6) is 0.761. The summed E-state index contributed by atoms with van der Waals surface area (Å²) < 4.78 is 31.2. The number of halogens is 1. The molecule has 1 N–H and O–H groups in total. The molecule has 1 fully saturated rings. The largest absolute Gasteiger partial charge is 0.460 e. The lowest BCUT2D eigenvalue weighted by atomic mass is 10.1. The number of hydrogen-bond acceptors (Lipinski definition) is 4. The van der Waals surface area contributed by atoms with Crippen LogP contribution in [0.5, 0.6) is 0 Å². The Hall–Kier alpha value is -1.54. The van der Waals surface area contributed by atoms with Crippen LogP contribution in [0.1, 0.15) is 34.9 Å². The van der Waals surface area contributed by atoms with Gasteiger partial charge in [-0.1, -0.05) is 0 Å². The van der Waals surface area contributed by atoms with E-state index in [2.05, 4.69) is 21.2 Å². The van der Waals surface area contributed by atoms with Gasteiger partial charge in [0.15, 0.2) is 0 Å². The molecule has 1 amide bonds. The van der Waals surface area contributed by atoms with Gasteiger partial charge in [-0.25, -0.2) is 8.42 Å². The highest BCUT2D eigenvalue weighted by molar-refractivity contribution is 9.10. The molecule has 1 saturated carbocycles. The maximum absolute atomic E-state index is 12.2. The third-order valence-corrected chi connectivity index (χ3v) is 5.85. The van der Waals surface area contributed by atoms with Crippen molar-refractivity contribution in [3.8, 4) is 0 Å². The molecule has 1 aliphatic rings. The first-order valence-electron chi connectivity index (χ1n) is 7.16. The van der Waals surface area contributed by atoms with Crippen LogP contribution in [0.3, 0.4) is 0 Å². The molecule has 23 heavy (non-hydrogen) atoms. The minimum absolute atomic E-state index is 0.193. The van der Waals surface area contributed by atoms with E-state index >= 15 is 0 Å². The predicted octanol–water partition coefficient (Wildman–Crippen LogP) is 2.83. The van der Waals surface area contributed by atoms with Crippen LogP contribution in [0.2, 0.25) is 0 Å². The Morgan fingerprint density at radius 2 is 2.04 bits per heavy atom. The van der Waals surface area contributed by atoms with Crippen molar-refractivity contribution >= 4 is 48.5 Å². The number of carbonyl (C=O) groups is 1. The third kappa shape index (κ3) is 2.85. The fraction of sp³-hybridized carbons (Fsp3) is 0.400. The Morgan fingerprint density at radius 3 is 2.57 bits per heavy atom. The minimum Gasteiger partial charge on any atom is -0.460 e. The predicted molar refractivity (Wildman–Crippen MR) is 92.5 cm³/mol. The van der Waals surface area contributed by atoms with Gasteiger partial charge in [-0.3, -0.25) is 9.10 Å². The van der Waals surface area contributed by atoms with E-state index in [9.17, 15) is 13.2 Å². The maximum atomic E-state index is 12.2. The number of carbonyl (C=O) groups excluding carboxylic acids is 1. The molecule has 3 rings (SSSR count). The fourth-order valence-electron chi connectivity index (χ4n) is 2.54. The van der Waals surface area contributed by atoms with Gasteiger partial charge >= 0.3 is 0 Å². The van der Waals surface area contributed by atoms with Crippen molar-refractivity contribution in [3.63, 3.8) is 0 Å². The molecule has 0 radical (unpaired) electrons.